The van der Waals surface area contributed by atoms with Gasteiger partial charge in [0.15, 0.2) is 5.58 Å². The Morgan fingerprint density at radius 2 is 2.28 bits per heavy atom. The number of fused-ring (bicyclic) bond motifs is 1. The van der Waals surface area contributed by atoms with Crippen LogP contribution in [0, 0.1) is 0 Å². The number of aromatic nitrogens is 2. The van der Waals surface area contributed by atoms with Crippen molar-refractivity contribution < 1.29 is 14.3 Å². The Kier molecular flexibility index (Phi) is 2.27. The third-order valence-electron chi connectivity index (χ3n) is 2.40. The zero-order chi connectivity index (χ0) is 12.7. The minimum atomic E-state index is -1.06. The van der Waals surface area contributed by atoms with Crippen LogP contribution in [0.15, 0.2) is 32.8 Å². The van der Waals surface area contributed by atoms with Gasteiger partial charge in [0.05, 0.1) is 11.2 Å². The molecule has 0 aliphatic rings. The molecule has 0 bridgehead atoms. The molecule has 3 rings (SSSR count). The van der Waals surface area contributed by atoms with Crippen LogP contribution in [0.2, 0.25) is 0 Å². The number of oxazole rings is 1. The molecule has 2 heterocycles. The number of carboxylic acid groups (broad SMARTS) is 1. The molecular formula is C11H6N2O4S. The molecule has 7 heteroatoms. The molecule has 0 radical (unpaired) electrons. The van der Waals surface area contributed by atoms with Gasteiger partial charge in [-0.05, 0) is 12.1 Å². The third kappa shape index (κ3) is 1.70. The molecule has 2 aromatic heterocycles. The quantitative estimate of drug-likeness (QED) is 0.735. The Bertz CT molecular complexity index is 799. The van der Waals surface area contributed by atoms with E-state index in [0.29, 0.717) is 22.4 Å². The summed E-state index contributed by atoms with van der Waals surface area (Å²) in [6.45, 7) is 0. The van der Waals surface area contributed by atoms with Crippen LogP contribution in [0.4, 0.5) is 0 Å². The topological polar surface area (TPSA) is 96.2 Å². The highest BCUT2D eigenvalue weighted by Gasteiger charge is 2.11. The fourth-order valence-corrected chi connectivity index (χ4v) is 2.27. The molecule has 6 nitrogen and oxygen atoms in total. The van der Waals surface area contributed by atoms with Crippen molar-refractivity contribution in [3.63, 3.8) is 0 Å². The van der Waals surface area contributed by atoms with Crippen molar-refractivity contribution in [1.82, 2.24) is 9.97 Å². The standard InChI is InChI=1S/C11H6N2O4S/c14-10(15)9-12-7(4-18-9)5-1-2-6-8(3-5)17-11(16)13-6/h1-4H,(H,13,16)(H,14,15). The van der Waals surface area contributed by atoms with E-state index in [1.165, 1.54) is 0 Å². The molecule has 0 saturated carbocycles. The SMILES string of the molecule is O=C(O)c1nc(-c2ccc3[nH]c(=O)oc3c2)cs1. The van der Waals surface area contributed by atoms with E-state index in [-0.39, 0.29) is 5.01 Å². The van der Waals surface area contributed by atoms with Gasteiger partial charge in [0.1, 0.15) is 0 Å². The zero-order valence-electron chi connectivity index (χ0n) is 8.84. The van der Waals surface area contributed by atoms with Crippen molar-refractivity contribution in [2.24, 2.45) is 0 Å². The number of carbonyl (C=O) groups is 1. The number of benzene rings is 1. The lowest BCUT2D eigenvalue weighted by molar-refractivity contribution is 0.0696. The van der Waals surface area contributed by atoms with Crippen molar-refractivity contribution in [1.29, 1.82) is 0 Å². The van der Waals surface area contributed by atoms with Gasteiger partial charge in [-0.3, -0.25) is 4.98 Å². The number of carboxylic acids is 1. The number of hydrogen-bond acceptors (Lipinski definition) is 5. The Morgan fingerprint density at radius 3 is 3.00 bits per heavy atom. The van der Waals surface area contributed by atoms with Crippen molar-refractivity contribution in [3.05, 3.63) is 39.1 Å². The average molecular weight is 262 g/mol. The summed E-state index contributed by atoms with van der Waals surface area (Å²) >= 11 is 1.05. The van der Waals surface area contributed by atoms with Crippen molar-refractivity contribution in [2.45, 2.75) is 0 Å². The first-order valence-corrected chi connectivity index (χ1v) is 5.83. The summed E-state index contributed by atoms with van der Waals surface area (Å²) in [5.41, 5.74) is 2.26. The van der Waals surface area contributed by atoms with Crippen molar-refractivity contribution in [3.8, 4) is 11.3 Å². The maximum atomic E-state index is 11.0. The first kappa shape index (κ1) is 10.7. The summed E-state index contributed by atoms with van der Waals surface area (Å²) in [5.74, 6) is -1.58. The second kappa shape index (κ2) is 3.81. The van der Waals surface area contributed by atoms with Gasteiger partial charge >= 0.3 is 11.7 Å². The molecule has 0 atom stereocenters. The summed E-state index contributed by atoms with van der Waals surface area (Å²) < 4.78 is 4.93. The highest BCUT2D eigenvalue weighted by Crippen LogP contribution is 2.24. The number of H-pyrrole nitrogens is 1. The summed E-state index contributed by atoms with van der Waals surface area (Å²) in [5, 5.41) is 10.5. The molecule has 18 heavy (non-hydrogen) atoms. The lowest BCUT2D eigenvalue weighted by Crippen LogP contribution is -1.94. The molecule has 2 N–H and O–H groups in total. The lowest BCUT2D eigenvalue weighted by Gasteiger charge is -1.95. The van der Waals surface area contributed by atoms with E-state index in [0.717, 1.165) is 11.3 Å². The molecular weight excluding hydrogens is 256 g/mol. The largest absolute Gasteiger partial charge is 0.476 e. The van der Waals surface area contributed by atoms with E-state index >= 15 is 0 Å². The van der Waals surface area contributed by atoms with Crippen LogP contribution in [0.1, 0.15) is 9.80 Å². The number of aromatic carboxylic acids is 1. The maximum absolute atomic E-state index is 11.0. The van der Waals surface area contributed by atoms with Gasteiger partial charge in [-0.15, -0.1) is 11.3 Å². The molecule has 0 spiro atoms. The lowest BCUT2D eigenvalue weighted by atomic mass is 10.1. The van der Waals surface area contributed by atoms with Crippen LogP contribution in [0.5, 0.6) is 0 Å². The second-order valence-electron chi connectivity index (χ2n) is 3.57. The van der Waals surface area contributed by atoms with E-state index in [1.807, 2.05) is 0 Å². The summed E-state index contributed by atoms with van der Waals surface area (Å²) in [6, 6.07) is 5.08. The number of nitrogens with one attached hydrogen (secondary N) is 1. The van der Waals surface area contributed by atoms with Gasteiger partial charge in [-0.25, -0.2) is 14.6 Å². The Balaban J connectivity index is 2.12. The second-order valence-corrected chi connectivity index (χ2v) is 4.43. The summed E-state index contributed by atoms with van der Waals surface area (Å²) in [6.07, 6.45) is 0. The monoisotopic (exact) mass is 262 g/mol. The smallest absolute Gasteiger partial charge is 0.417 e. The molecule has 3 aromatic rings. The molecule has 1 aromatic carbocycles. The number of thiazole rings is 1. The van der Waals surface area contributed by atoms with E-state index in [1.54, 1.807) is 23.6 Å². The Hall–Kier alpha value is -2.41. The van der Waals surface area contributed by atoms with Gasteiger partial charge < -0.3 is 9.52 Å². The number of aromatic amines is 1. The molecule has 0 fully saturated rings. The van der Waals surface area contributed by atoms with Gasteiger partial charge in [0.2, 0.25) is 5.01 Å². The average Bonchev–Trinajstić information content (AvgIpc) is 2.91. The Morgan fingerprint density at radius 1 is 1.44 bits per heavy atom. The molecule has 90 valence electrons. The Labute approximate surface area is 104 Å². The van der Waals surface area contributed by atoms with Crippen LogP contribution >= 0.6 is 11.3 Å². The third-order valence-corrected chi connectivity index (χ3v) is 3.23. The number of nitrogens with zero attached hydrogens (tertiary/aromatic N) is 1. The van der Waals surface area contributed by atoms with Gasteiger partial charge in [-0.2, -0.15) is 0 Å². The predicted octanol–water partition coefficient (Wildman–Crippen LogP) is 1.94. The molecule has 0 amide bonds. The van der Waals surface area contributed by atoms with E-state index in [4.69, 9.17) is 9.52 Å². The van der Waals surface area contributed by atoms with Crippen LogP contribution in [0.3, 0.4) is 0 Å². The first-order chi connectivity index (χ1) is 8.63. The first-order valence-electron chi connectivity index (χ1n) is 4.95. The van der Waals surface area contributed by atoms with Crippen LogP contribution < -0.4 is 5.76 Å². The van der Waals surface area contributed by atoms with E-state index < -0.39 is 11.7 Å². The summed E-state index contributed by atoms with van der Waals surface area (Å²) in [4.78, 5) is 28.3. The predicted molar refractivity (Wildman–Crippen MR) is 64.9 cm³/mol. The van der Waals surface area contributed by atoms with Gasteiger partial charge in [0, 0.05) is 10.9 Å². The van der Waals surface area contributed by atoms with Crippen LogP contribution in [0.25, 0.3) is 22.4 Å². The molecule has 0 saturated heterocycles. The van der Waals surface area contributed by atoms with Crippen molar-refractivity contribution >= 4 is 28.4 Å². The highest BCUT2D eigenvalue weighted by molar-refractivity contribution is 7.11. The summed E-state index contributed by atoms with van der Waals surface area (Å²) in [7, 11) is 0. The van der Waals surface area contributed by atoms with Gasteiger partial charge in [-0.1, -0.05) is 6.07 Å². The molecule has 0 aliphatic heterocycles. The number of hydrogen-bond donors (Lipinski definition) is 2. The molecule has 0 aliphatic carbocycles. The fourth-order valence-electron chi connectivity index (χ4n) is 1.61. The highest BCUT2D eigenvalue weighted by atomic mass is 32.1. The van der Waals surface area contributed by atoms with E-state index in [9.17, 15) is 9.59 Å². The number of rotatable bonds is 2. The van der Waals surface area contributed by atoms with Crippen LogP contribution in [-0.2, 0) is 0 Å². The van der Waals surface area contributed by atoms with Crippen LogP contribution in [-0.4, -0.2) is 21.0 Å². The van der Waals surface area contributed by atoms with Crippen molar-refractivity contribution in [2.75, 3.05) is 0 Å². The van der Waals surface area contributed by atoms with Gasteiger partial charge in [0.25, 0.3) is 0 Å². The minimum absolute atomic E-state index is 0.0284. The van der Waals surface area contributed by atoms with E-state index in [2.05, 4.69) is 9.97 Å². The molecule has 0 unspecified atom stereocenters. The normalized spacial score (nSPS) is 10.9. The minimum Gasteiger partial charge on any atom is -0.476 e. The fraction of sp³-hybridized carbons (Fsp3) is 0. The maximum Gasteiger partial charge on any atom is 0.417 e. The zero-order valence-corrected chi connectivity index (χ0v) is 9.65.